The molecule has 0 aromatic carbocycles. The van der Waals surface area contributed by atoms with Gasteiger partial charge >= 0.3 is 18.3 Å². The summed E-state index contributed by atoms with van der Waals surface area (Å²) in [5.41, 5.74) is 0.176. The van der Waals surface area contributed by atoms with Crippen LogP contribution in [0.3, 0.4) is 0 Å². The average molecular weight is 273 g/mol. The van der Waals surface area contributed by atoms with Crippen molar-refractivity contribution >= 4 is 17.6 Å². The molecule has 0 aliphatic carbocycles. The molecule has 0 rings (SSSR count). The van der Waals surface area contributed by atoms with Gasteiger partial charge in [0, 0.05) is 5.57 Å². The molecule has 9 heteroatoms. The molecule has 0 aliphatic heterocycles. The van der Waals surface area contributed by atoms with Crippen LogP contribution in [0.4, 0.5) is 26.3 Å². The molecular weight excluding hydrogens is 266 g/mol. The van der Waals surface area contributed by atoms with Gasteiger partial charge < -0.3 is 5.11 Å². The lowest BCUT2D eigenvalue weighted by Gasteiger charge is -2.15. The van der Waals surface area contributed by atoms with Gasteiger partial charge in [-0.25, -0.2) is 4.79 Å². The number of rotatable bonds is 1. The van der Waals surface area contributed by atoms with Gasteiger partial charge in [0.15, 0.2) is 0 Å². The van der Waals surface area contributed by atoms with Crippen LogP contribution < -0.4 is 0 Å². The molecule has 0 heterocycles. The van der Waals surface area contributed by atoms with Crippen molar-refractivity contribution in [3.05, 3.63) is 12.2 Å². The number of carbonyl (C=O) groups is 1. The fraction of sp³-hybridized carbons (Fsp3) is 0.571. The molecule has 0 aromatic heterocycles. The normalized spacial score (nSPS) is 11.8. The van der Waals surface area contributed by atoms with E-state index >= 15 is 0 Å². The molecule has 0 fully saturated rings. The predicted octanol–water partition coefficient (Wildman–Crippen LogP) is 3.37. The first-order valence-electron chi connectivity index (χ1n) is 3.46. The van der Waals surface area contributed by atoms with Crippen LogP contribution in [-0.4, -0.2) is 28.8 Å². The SMILES string of the molecule is C=C(C)C(=O)O.FC(F)(F)C(Cl)C(F)(F)F. The molecule has 0 spiro atoms. The van der Waals surface area contributed by atoms with Crippen molar-refractivity contribution in [2.24, 2.45) is 0 Å². The molecule has 0 radical (unpaired) electrons. The van der Waals surface area contributed by atoms with Crippen LogP contribution in [0.2, 0.25) is 0 Å². The molecule has 0 saturated carbocycles. The Labute approximate surface area is 91.5 Å². The highest BCUT2D eigenvalue weighted by atomic mass is 35.5. The molecule has 0 aliphatic rings. The van der Waals surface area contributed by atoms with Crippen LogP contribution in [0.5, 0.6) is 0 Å². The third-order valence-electron chi connectivity index (χ3n) is 0.940. The van der Waals surface area contributed by atoms with Crippen molar-refractivity contribution in [1.82, 2.24) is 0 Å². The second kappa shape index (κ2) is 5.97. The number of aliphatic carboxylic acids is 1. The van der Waals surface area contributed by atoms with Gasteiger partial charge in [0.05, 0.1) is 0 Å². The van der Waals surface area contributed by atoms with Gasteiger partial charge in [-0.3, -0.25) is 0 Å². The lowest BCUT2D eigenvalue weighted by Crippen LogP contribution is -2.37. The highest BCUT2D eigenvalue weighted by molar-refractivity contribution is 6.21. The first kappa shape index (κ1) is 17.5. The highest BCUT2D eigenvalue weighted by Crippen LogP contribution is 2.37. The summed E-state index contributed by atoms with van der Waals surface area (Å²) < 4.78 is 66.6. The predicted molar refractivity (Wildman–Crippen MR) is 44.2 cm³/mol. The maximum absolute atomic E-state index is 11.1. The zero-order valence-electron chi connectivity index (χ0n) is 7.79. The van der Waals surface area contributed by atoms with Gasteiger partial charge in [0.2, 0.25) is 5.38 Å². The number of hydrogen-bond acceptors (Lipinski definition) is 1. The Morgan fingerprint density at radius 2 is 1.38 bits per heavy atom. The fourth-order valence-electron chi connectivity index (χ4n) is 0.186. The molecule has 0 amide bonds. The summed E-state index contributed by atoms with van der Waals surface area (Å²) in [7, 11) is 0. The zero-order valence-corrected chi connectivity index (χ0v) is 8.54. The Balaban J connectivity index is 0. The first-order chi connectivity index (χ1) is 6.80. The lowest BCUT2D eigenvalue weighted by atomic mass is 10.4. The Hall–Kier alpha value is -0.920. The van der Waals surface area contributed by atoms with Crippen LogP contribution in [0.15, 0.2) is 12.2 Å². The molecule has 0 bridgehead atoms. The minimum atomic E-state index is -5.42. The number of carboxylic acid groups (broad SMARTS) is 1. The molecular formula is C7H7ClF6O2. The van der Waals surface area contributed by atoms with Gasteiger partial charge in [0.1, 0.15) is 0 Å². The summed E-state index contributed by atoms with van der Waals surface area (Å²) in [5, 5.41) is 4.13. The van der Waals surface area contributed by atoms with Crippen LogP contribution in [0.25, 0.3) is 0 Å². The minimum Gasteiger partial charge on any atom is -0.478 e. The largest absolute Gasteiger partial charge is 0.478 e. The minimum absolute atomic E-state index is 0.176. The number of carboxylic acids is 1. The van der Waals surface area contributed by atoms with Crippen molar-refractivity contribution < 1.29 is 36.2 Å². The molecule has 2 nitrogen and oxygen atoms in total. The Morgan fingerprint density at radius 3 is 1.38 bits per heavy atom. The molecule has 0 atom stereocenters. The van der Waals surface area contributed by atoms with E-state index in [1.807, 2.05) is 0 Å². The van der Waals surface area contributed by atoms with E-state index in [4.69, 9.17) is 5.11 Å². The fourth-order valence-corrected chi connectivity index (χ4v) is 0.186. The van der Waals surface area contributed by atoms with E-state index in [2.05, 4.69) is 18.2 Å². The molecule has 0 unspecified atom stereocenters. The van der Waals surface area contributed by atoms with Gasteiger partial charge in [-0.2, -0.15) is 26.3 Å². The average Bonchev–Trinajstić information content (AvgIpc) is 2.00. The Kier molecular flexibility index (Phi) is 6.52. The van der Waals surface area contributed by atoms with Crippen molar-refractivity contribution in [2.75, 3.05) is 0 Å². The second-order valence-corrected chi connectivity index (χ2v) is 2.97. The van der Waals surface area contributed by atoms with Gasteiger partial charge in [-0.05, 0) is 6.92 Å². The van der Waals surface area contributed by atoms with Gasteiger partial charge in [0.25, 0.3) is 0 Å². The van der Waals surface area contributed by atoms with Gasteiger partial charge in [-0.1, -0.05) is 6.58 Å². The number of hydrogen-bond donors (Lipinski definition) is 1. The first-order valence-corrected chi connectivity index (χ1v) is 3.90. The van der Waals surface area contributed by atoms with Gasteiger partial charge in [-0.15, -0.1) is 11.6 Å². The zero-order chi connectivity index (χ0) is 13.7. The Morgan fingerprint density at radius 1 is 1.19 bits per heavy atom. The monoisotopic (exact) mass is 272 g/mol. The topological polar surface area (TPSA) is 37.3 Å². The molecule has 0 saturated heterocycles. The molecule has 0 aromatic rings. The molecule has 96 valence electrons. The van der Waals surface area contributed by atoms with Crippen molar-refractivity contribution in [3.63, 3.8) is 0 Å². The van der Waals surface area contributed by atoms with E-state index in [9.17, 15) is 31.1 Å². The third kappa shape index (κ3) is 8.39. The standard InChI is InChI=1S/C4H6O2.C3HClF6/c1-3(2)4(5)6;4-1(2(5,6)7)3(8,9)10/h1H2,2H3,(H,5,6);1H. The maximum atomic E-state index is 11.1. The smallest absolute Gasteiger partial charge is 0.413 e. The third-order valence-corrected chi connectivity index (χ3v) is 1.43. The van der Waals surface area contributed by atoms with Crippen LogP contribution >= 0.6 is 11.6 Å². The van der Waals surface area contributed by atoms with E-state index in [1.54, 1.807) is 0 Å². The quantitative estimate of drug-likeness (QED) is 0.451. The van der Waals surface area contributed by atoms with Crippen LogP contribution in [0, 0.1) is 0 Å². The van der Waals surface area contributed by atoms with E-state index in [0.29, 0.717) is 0 Å². The second-order valence-electron chi connectivity index (χ2n) is 2.53. The van der Waals surface area contributed by atoms with Crippen molar-refractivity contribution in [1.29, 1.82) is 0 Å². The summed E-state index contributed by atoms with van der Waals surface area (Å²) in [6, 6.07) is 0. The summed E-state index contributed by atoms with van der Waals surface area (Å²) in [6.45, 7) is 4.60. The number of halogens is 7. The van der Waals surface area contributed by atoms with Crippen LogP contribution in [-0.2, 0) is 4.79 Å². The maximum Gasteiger partial charge on any atom is 0.413 e. The van der Waals surface area contributed by atoms with E-state index in [-0.39, 0.29) is 5.57 Å². The van der Waals surface area contributed by atoms with Crippen LogP contribution in [0.1, 0.15) is 6.92 Å². The van der Waals surface area contributed by atoms with Crippen molar-refractivity contribution in [3.8, 4) is 0 Å². The summed E-state index contributed by atoms with van der Waals surface area (Å²) in [6.07, 6.45) is -10.8. The molecule has 1 N–H and O–H groups in total. The van der Waals surface area contributed by atoms with E-state index in [0.717, 1.165) is 0 Å². The van der Waals surface area contributed by atoms with E-state index < -0.39 is 23.7 Å². The van der Waals surface area contributed by atoms with E-state index in [1.165, 1.54) is 6.92 Å². The molecule has 16 heavy (non-hydrogen) atoms. The summed E-state index contributed by atoms with van der Waals surface area (Å²) >= 11 is 3.98. The number of alkyl halides is 7. The summed E-state index contributed by atoms with van der Waals surface area (Å²) in [4.78, 5) is 9.60. The lowest BCUT2D eigenvalue weighted by molar-refractivity contribution is -0.226. The van der Waals surface area contributed by atoms with Crippen molar-refractivity contribution in [2.45, 2.75) is 24.7 Å². The highest BCUT2D eigenvalue weighted by Gasteiger charge is 2.55. The Bertz CT molecular complexity index is 231. The summed E-state index contributed by atoms with van der Waals surface area (Å²) in [5.74, 6) is -0.935.